The summed E-state index contributed by atoms with van der Waals surface area (Å²) in [5, 5.41) is 12.3. The van der Waals surface area contributed by atoms with Crippen molar-refractivity contribution in [1.82, 2.24) is 5.32 Å². The lowest BCUT2D eigenvalue weighted by atomic mass is 10.1. The van der Waals surface area contributed by atoms with E-state index in [-0.39, 0.29) is 23.6 Å². The van der Waals surface area contributed by atoms with Gasteiger partial charge in [-0.3, -0.25) is 4.79 Å². The number of hydrogen-bond donors (Lipinski definition) is 2. The molecule has 0 heterocycles. The first kappa shape index (κ1) is 24.6. The lowest BCUT2D eigenvalue weighted by molar-refractivity contribution is -0.121. The molecule has 0 radical (unpaired) electrons. The van der Waals surface area contributed by atoms with Crippen LogP contribution in [0, 0.1) is 0 Å². The molecular weight excluding hydrogens is 428 g/mol. The van der Waals surface area contributed by atoms with Gasteiger partial charge in [-0.2, -0.15) is 0 Å². The highest BCUT2D eigenvalue weighted by Crippen LogP contribution is 2.33. The summed E-state index contributed by atoms with van der Waals surface area (Å²) in [6.07, 6.45) is 0.115. The molecule has 0 aliphatic heterocycles. The largest absolute Gasteiger partial charge is 0.504 e. The van der Waals surface area contributed by atoms with Gasteiger partial charge in [-0.1, -0.05) is 18.2 Å². The third-order valence-corrected chi connectivity index (χ3v) is 7.42. The van der Waals surface area contributed by atoms with Crippen LogP contribution in [0.25, 0.3) is 0 Å². The molecule has 0 saturated heterocycles. The van der Waals surface area contributed by atoms with E-state index >= 15 is 0 Å². The van der Waals surface area contributed by atoms with Crippen molar-refractivity contribution in [3.8, 4) is 11.5 Å². The topological polar surface area (TPSA) is 92.7 Å². The van der Waals surface area contributed by atoms with Gasteiger partial charge in [0.05, 0.1) is 16.8 Å². The predicted octanol–water partition coefficient (Wildman–Crippen LogP) is 3.81. The molecule has 2 rings (SSSR count). The lowest BCUT2D eigenvalue weighted by Crippen LogP contribution is -2.39. The van der Waals surface area contributed by atoms with Gasteiger partial charge < -0.3 is 15.2 Å². The maximum absolute atomic E-state index is 13.6. The van der Waals surface area contributed by atoms with E-state index in [0.29, 0.717) is 19.1 Å². The van der Waals surface area contributed by atoms with Gasteiger partial charge in [-0.05, 0) is 50.1 Å². The Morgan fingerprint density at radius 1 is 1.13 bits per heavy atom. The smallest absolute Gasteiger partial charge is 0.270 e. The van der Waals surface area contributed by atoms with Crippen LogP contribution >= 0.6 is 0 Å². The fourth-order valence-corrected chi connectivity index (χ4v) is 4.52. The number of sulfone groups is 1. The quantitative estimate of drug-likeness (QED) is 0.600. The highest BCUT2D eigenvalue weighted by atomic mass is 32.2. The third kappa shape index (κ3) is 5.94. The van der Waals surface area contributed by atoms with E-state index in [4.69, 9.17) is 4.74 Å². The SMILES string of the molecule is COc1cc(CCNC(=O)CC(C)(C)S(=O)(=O)c2cccc(C(C)(F)F)c2)ccc1O. The summed E-state index contributed by atoms with van der Waals surface area (Å²) >= 11 is 0. The number of phenols is 1. The van der Waals surface area contributed by atoms with Gasteiger partial charge in [-0.25, -0.2) is 17.2 Å². The molecule has 0 unspecified atom stereocenters. The minimum atomic E-state index is -4.05. The van der Waals surface area contributed by atoms with Crippen molar-refractivity contribution in [3.63, 3.8) is 0 Å². The summed E-state index contributed by atoms with van der Waals surface area (Å²) in [7, 11) is -2.61. The van der Waals surface area contributed by atoms with Crippen LogP contribution in [0.15, 0.2) is 47.4 Å². The Morgan fingerprint density at radius 3 is 2.42 bits per heavy atom. The summed E-state index contributed by atoms with van der Waals surface area (Å²) in [5.74, 6) is -3.33. The summed E-state index contributed by atoms with van der Waals surface area (Å²) in [6, 6.07) is 9.45. The number of carbonyl (C=O) groups excluding carboxylic acids is 1. The fourth-order valence-electron chi connectivity index (χ4n) is 3.02. The zero-order valence-electron chi connectivity index (χ0n) is 17.9. The molecule has 0 spiro atoms. The van der Waals surface area contributed by atoms with Crippen LogP contribution in [0.3, 0.4) is 0 Å². The van der Waals surface area contributed by atoms with Crippen molar-refractivity contribution in [1.29, 1.82) is 0 Å². The maximum Gasteiger partial charge on any atom is 0.270 e. The van der Waals surface area contributed by atoms with Crippen LogP contribution in [-0.4, -0.2) is 37.8 Å². The average molecular weight is 456 g/mol. The van der Waals surface area contributed by atoms with E-state index in [1.165, 1.54) is 39.2 Å². The second-order valence-electron chi connectivity index (χ2n) is 7.96. The summed E-state index contributed by atoms with van der Waals surface area (Å²) in [5.41, 5.74) is 0.414. The van der Waals surface area contributed by atoms with Crippen molar-refractivity contribution in [2.75, 3.05) is 13.7 Å². The molecule has 170 valence electrons. The number of alkyl halides is 2. The molecule has 0 aliphatic rings. The number of hydrogen-bond acceptors (Lipinski definition) is 5. The van der Waals surface area contributed by atoms with Gasteiger partial charge in [0.15, 0.2) is 21.3 Å². The minimum Gasteiger partial charge on any atom is -0.504 e. The van der Waals surface area contributed by atoms with E-state index in [1.807, 2.05) is 0 Å². The molecule has 0 atom stereocenters. The van der Waals surface area contributed by atoms with Gasteiger partial charge >= 0.3 is 0 Å². The van der Waals surface area contributed by atoms with Crippen LogP contribution in [-0.2, 0) is 27.0 Å². The number of halogens is 2. The number of phenolic OH excluding ortho intramolecular Hbond substituents is 1. The minimum absolute atomic E-state index is 0.00662. The van der Waals surface area contributed by atoms with Crippen molar-refractivity contribution in [3.05, 3.63) is 53.6 Å². The Kier molecular flexibility index (Phi) is 7.31. The maximum atomic E-state index is 13.6. The molecule has 0 fully saturated rings. The number of benzene rings is 2. The van der Waals surface area contributed by atoms with E-state index in [2.05, 4.69) is 5.32 Å². The van der Waals surface area contributed by atoms with Gasteiger partial charge in [0.25, 0.3) is 5.92 Å². The molecular formula is C22H27F2NO5S. The molecule has 0 bridgehead atoms. The first-order valence-electron chi connectivity index (χ1n) is 9.63. The fraction of sp³-hybridized carbons (Fsp3) is 0.409. The summed E-state index contributed by atoms with van der Waals surface area (Å²) in [4.78, 5) is 12.1. The number of carbonyl (C=O) groups is 1. The van der Waals surface area contributed by atoms with Gasteiger partial charge in [0.2, 0.25) is 5.91 Å². The number of ether oxygens (including phenoxy) is 1. The molecule has 0 saturated carbocycles. The first-order valence-corrected chi connectivity index (χ1v) is 11.1. The zero-order chi connectivity index (χ0) is 23.4. The average Bonchev–Trinajstić information content (AvgIpc) is 2.68. The Bertz CT molecular complexity index is 1050. The normalized spacial score (nSPS) is 12.5. The predicted molar refractivity (Wildman–Crippen MR) is 113 cm³/mol. The highest BCUT2D eigenvalue weighted by Gasteiger charge is 2.38. The van der Waals surface area contributed by atoms with Crippen LogP contribution in [0.1, 0.15) is 38.3 Å². The van der Waals surface area contributed by atoms with Gasteiger partial charge in [0.1, 0.15) is 0 Å². The Balaban J connectivity index is 2.04. The van der Waals surface area contributed by atoms with Crippen LogP contribution in [0.5, 0.6) is 11.5 Å². The van der Waals surface area contributed by atoms with E-state index in [1.54, 1.807) is 12.1 Å². The Hall–Kier alpha value is -2.68. The number of nitrogens with one attached hydrogen (secondary N) is 1. The summed E-state index contributed by atoms with van der Waals surface area (Å²) in [6.45, 7) is 3.73. The monoisotopic (exact) mass is 455 g/mol. The lowest BCUT2D eigenvalue weighted by Gasteiger charge is -2.25. The Morgan fingerprint density at radius 2 is 1.81 bits per heavy atom. The van der Waals surface area contributed by atoms with Crippen molar-refractivity contribution in [2.24, 2.45) is 0 Å². The van der Waals surface area contributed by atoms with Crippen molar-refractivity contribution in [2.45, 2.75) is 49.2 Å². The van der Waals surface area contributed by atoms with Crippen LogP contribution < -0.4 is 10.1 Å². The van der Waals surface area contributed by atoms with E-state index < -0.39 is 32.0 Å². The van der Waals surface area contributed by atoms with Gasteiger partial charge in [-0.15, -0.1) is 0 Å². The highest BCUT2D eigenvalue weighted by molar-refractivity contribution is 7.92. The molecule has 2 aromatic rings. The number of methoxy groups -OCH3 is 1. The van der Waals surface area contributed by atoms with Gasteiger partial charge in [0, 0.05) is 25.5 Å². The molecule has 9 heteroatoms. The molecule has 0 aliphatic carbocycles. The standard InChI is InChI=1S/C22H27F2NO5S/c1-21(2,31(28,29)17-7-5-6-16(13-17)22(3,23)24)14-20(27)25-11-10-15-8-9-18(26)19(12-15)30-4/h5-9,12-13,26H,10-11,14H2,1-4H3,(H,25,27). The first-order chi connectivity index (χ1) is 14.3. The second kappa shape index (κ2) is 9.21. The van der Waals surface area contributed by atoms with E-state index in [9.17, 15) is 27.1 Å². The second-order valence-corrected chi connectivity index (χ2v) is 10.5. The number of aromatic hydroxyl groups is 1. The number of amides is 1. The third-order valence-electron chi connectivity index (χ3n) is 4.94. The Labute approximate surface area is 181 Å². The van der Waals surface area contributed by atoms with Crippen molar-refractivity contribution >= 4 is 15.7 Å². The number of rotatable bonds is 9. The molecule has 6 nitrogen and oxygen atoms in total. The molecule has 1 amide bonds. The molecule has 0 aromatic heterocycles. The zero-order valence-corrected chi connectivity index (χ0v) is 18.7. The van der Waals surface area contributed by atoms with Crippen LogP contribution in [0.2, 0.25) is 0 Å². The van der Waals surface area contributed by atoms with Crippen LogP contribution in [0.4, 0.5) is 8.78 Å². The molecule has 2 aromatic carbocycles. The molecule has 31 heavy (non-hydrogen) atoms. The van der Waals surface area contributed by atoms with Crippen molar-refractivity contribution < 1.29 is 31.8 Å². The molecule has 2 N–H and O–H groups in total. The summed E-state index contributed by atoms with van der Waals surface area (Å²) < 4.78 is 56.7. The van der Waals surface area contributed by atoms with E-state index in [0.717, 1.165) is 17.7 Å².